The zero-order valence-corrected chi connectivity index (χ0v) is 6.92. The van der Waals surface area contributed by atoms with E-state index in [4.69, 9.17) is 16.6 Å². The molecule has 4 nitrogen and oxygen atoms in total. The van der Waals surface area contributed by atoms with Gasteiger partial charge in [-0.25, -0.2) is 0 Å². The largest absolute Gasteiger partial charge is 1.00 e. The number of rotatable bonds is 5. The third-order valence-electron chi connectivity index (χ3n) is 1.29. The van der Waals surface area contributed by atoms with Crippen LogP contribution in [0, 0.1) is 0 Å². The Balaban J connectivity index is -0.000000405. The van der Waals surface area contributed by atoms with E-state index in [0.717, 1.165) is 12.8 Å². The van der Waals surface area contributed by atoms with Crippen LogP contribution in [0.3, 0.4) is 0 Å². The molecular formula is C6H15LiN2O2. The van der Waals surface area contributed by atoms with Gasteiger partial charge in [-0.1, -0.05) is 6.42 Å². The van der Waals surface area contributed by atoms with E-state index < -0.39 is 12.0 Å². The Morgan fingerprint density at radius 1 is 1.55 bits per heavy atom. The first-order valence-corrected chi connectivity index (χ1v) is 3.37. The van der Waals surface area contributed by atoms with Gasteiger partial charge in [-0.2, -0.15) is 0 Å². The van der Waals surface area contributed by atoms with Crippen LogP contribution >= 0.6 is 0 Å². The minimum absolute atomic E-state index is 0. The number of hydrogen-bond acceptors (Lipinski definition) is 3. The van der Waals surface area contributed by atoms with Crippen LogP contribution in [0.4, 0.5) is 0 Å². The average Bonchev–Trinajstić information content (AvgIpc) is 1.88. The molecule has 0 spiro atoms. The minimum atomic E-state index is -0.933. The topological polar surface area (TPSA) is 89.3 Å². The second-order valence-corrected chi connectivity index (χ2v) is 2.23. The second kappa shape index (κ2) is 8.09. The predicted octanol–water partition coefficient (Wildman–Crippen LogP) is -3.36. The van der Waals surface area contributed by atoms with Crippen molar-refractivity contribution in [2.75, 3.05) is 6.54 Å². The van der Waals surface area contributed by atoms with Crippen LogP contribution in [0.15, 0.2) is 0 Å². The van der Waals surface area contributed by atoms with Crippen molar-refractivity contribution in [3.63, 3.8) is 0 Å². The van der Waals surface area contributed by atoms with Crippen molar-refractivity contribution in [3.05, 3.63) is 0 Å². The number of carboxylic acid groups (broad SMARTS) is 1. The molecular weight excluding hydrogens is 139 g/mol. The number of aliphatic carboxylic acids is 1. The first-order chi connectivity index (χ1) is 4.68. The number of unbranched alkanes of at least 4 members (excludes halogenated alkanes) is 1. The van der Waals surface area contributed by atoms with Crippen molar-refractivity contribution in [2.24, 2.45) is 11.5 Å². The summed E-state index contributed by atoms with van der Waals surface area (Å²) < 4.78 is 0. The molecule has 0 aliphatic carbocycles. The molecule has 0 heterocycles. The Labute approximate surface area is 80.0 Å². The molecule has 5 N–H and O–H groups in total. The van der Waals surface area contributed by atoms with E-state index >= 15 is 0 Å². The maximum absolute atomic E-state index is 10.1. The molecule has 0 saturated heterocycles. The molecule has 0 aromatic carbocycles. The van der Waals surface area contributed by atoms with Gasteiger partial charge in [-0.15, -0.1) is 0 Å². The standard InChI is InChI=1S/C6H14N2O2.Li.H/c7-4-2-1-3-5(8)6(9)10;;/h5H,1-4,7-8H2,(H,9,10);;/q;+1;-1. The summed E-state index contributed by atoms with van der Waals surface area (Å²) in [5, 5.41) is 8.33. The Morgan fingerprint density at radius 3 is 2.45 bits per heavy atom. The van der Waals surface area contributed by atoms with Gasteiger partial charge in [0.25, 0.3) is 0 Å². The molecule has 62 valence electrons. The summed E-state index contributed by atoms with van der Waals surface area (Å²) in [6, 6.07) is -0.716. The molecule has 0 amide bonds. The summed E-state index contributed by atoms with van der Waals surface area (Å²) in [6.07, 6.45) is 2.16. The molecule has 1 atom stereocenters. The fourth-order valence-electron chi connectivity index (χ4n) is 0.632. The summed E-state index contributed by atoms with van der Waals surface area (Å²) in [5.41, 5.74) is 10.4. The molecule has 0 aliphatic heterocycles. The van der Waals surface area contributed by atoms with E-state index in [1.165, 1.54) is 0 Å². The van der Waals surface area contributed by atoms with Crippen molar-refractivity contribution in [3.8, 4) is 0 Å². The molecule has 0 bridgehead atoms. The fourth-order valence-corrected chi connectivity index (χ4v) is 0.632. The zero-order valence-electron chi connectivity index (χ0n) is 7.92. The summed E-state index contributed by atoms with van der Waals surface area (Å²) >= 11 is 0. The van der Waals surface area contributed by atoms with E-state index in [9.17, 15) is 4.79 Å². The normalized spacial score (nSPS) is 11.8. The molecule has 0 rings (SSSR count). The summed E-state index contributed by atoms with van der Waals surface area (Å²) in [7, 11) is 0. The maximum Gasteiger partial charge on any atom is 1.00 e. The second-order valence-electron chi connectivity index (χ2n) is 2.23. The van der Waals surface area contributed by atoms with Crippen LogP contribution < -0.4 is 30.3 Å². The van der Waals surface area contributed by atoms with Gasteiger partial charge in [-0.3, -0.25) is 4.79 Å². The Hall–Kier alpha value is -0.0126. The van der Waals surface area contributed by atoms with Crippen LogP contribution in [0.5, 0.6) is 0 Å². The fraction of sp³-hybridized carbons (Fsp3) is 0.833. The Morgan fingerprint density at radius 2 is 2.09 bits per heavy atom. The number of carbonyl (C=O) groups is 1. The van der Waals surface area contributed by atoms with Crippen molar-refractivity contribution in [1.82, 2.24) is 0 Å². The molecule has 0 aliphatic rings. The quantitative estimate of drug-likeness (QED) is 0.285. The SMILES string of the molecule is NCCCCC(N)C(=O)O.[H-].[Li+]. The summed E-state index contributed by atoms with van der Waals surface area (Å²) in [4.78, 5) is 10.1. The third-order valence-corrected chi connectivity index (χ3v) is 1.29. The van der Waals surface area contributed by atoms with Gasteiger partial charge in [0.2, 0.25) is 0 Å². The smallest absolute Gasteiger partial charge is 1.00 e. The third kappa shape index (κ3) is 7.89. The molecule has 0 aromatic rings. The number of hydrogen-bond donors (Lipinski definition) is 3. The first kappa shape index (κ1) is 13.6. The van der Waals surface area contributed by atoms with Gasteiger partial charge in [-0.05, 0) is 19.4 Å². The van der Waals surface area contributed by atoms with Crippen LogP contribution in [0.1, 0.15) is 20.7 Å². The van der Waals surface area contributed by atoms with Gasteiger partial charge in [0.05, 0.1) is 0 Å². The minimum Gasteiger partial charge on any atom is -1.00 e. The predicted molar refractivity (Wildman–Crippen MR) is 39.6 cm³/mol. The zero-order chi connectivity index (χ0) is 7.98. The Kier molecular flexibility index (Phi) is 9.98. The molecule has 0 saturated carbocycles. The Bertz CT molecular complexity index is 116. The summed E-state index contributed by atoms with van der Waals surface area (Å²) in [6.45, 7) is 0.604. The van der Waals surface area contributed by atoms with Gasteiger partial charge >= 0.3 is 24.8 Å². The summed E-state index contributed by atoms with van der Waals surface area (Å²) in [5.74, 6) is -0.933. The van der Waals surface area contributed by atoms with Gasteiger partial charge in [0, 0.05) is 0 Å². The van der Waals surface area contributed by atoms with Crippen molar-refractivity contribution >= 4 is 5.97 Å². The van der Waals surface area contributed by atoms with Crippen LogP contribution in [-0.4, -0.2) is 23.7 Å². The van der Waals surface area contributed by atoms with Gasteiger partial charge in [0.15, 0.2) is 0 Å². The van der Waals surface area contributed by atoms with Crippen molar-refractivity contribution in [1.29, 1.82) is 0 Å². The van der Waals surface area contributed by atoms with E-state index in [2.05, 4.69) is 0 Å². The van der Waals surface area contributed by atoms with Crippen LogP contribution in [0.2, 0.25) is 0 Å². The average molecular weight is 154 g/mol. The maximum atomic E-state index is 10.1. The van der Waals surface area contributed by atoms with E-state index in [1.54, 1.807) is 0 Å². The van der Waals surface area contributed by atoms with Crippen LogP contribution in [-0.2, 0) is 4.79 Å². The molecule has 11 heavy (non-hydrogen) atoms. The van der Waals surface area contributed by atoms with E-state index in [-0.39, 0.29) is 20.3 Å². The molecule has 0 fully saturated rings. The van der Waals surface area contributed by atoms with E-state index in [1.807, 2.05) is 0 Å². The molecule has 0 aromatic heterocycles. The first-order valence-electron chi connectivity index (χ1n) is 3.37. The molecule has 5 heteroatoms. The van der Waals surface area contributed by atoms with E-state index in [0.29, 0.717) is 13.0 Å². The monoisotopic (exact) mass is 154 g/mol. The van der Waals surface area contributed by atoms with Crippen molar-refractivity contribution in [2.45, 2.75) is 25.3 Å². The van der Waals surface area contributed by atoms with Crippen molar-refractivity contribution < 1.29 is 30.2 Å². The van der Waals surface area contributed by atoms with Crippen LogP contribution in [0.25, 0.3) is 0 Å². The molecule has 0 radical (unpaired) electrons. The van der Waals surface area contributed by atoms with Gasteiger partial charge < -0.3 is 18.0 Å². The van der Waals surface area contributed by atoms with Gasteiger partial charge in [0.1, 0.15) is 6.04 Å². The number of nitrogens with two attached hydrogens (primary N) is 2. The number of carboxylic acids is 1. The molecule has 1 unspecified atom stereocenters.